The Hall–Kier alpha value is -1.68. The van der Waals surface area contributed by atoms with Crippen LogP contribution in [-0.4, -0.2) is 27.2 Å². The molecule has 0 saturated heterocycles. The second kappa shape index (κ2) is 10.6. The second-order valence-electron chi connectivity index (χ2n) is 6.05. The van der Waals surface area contributed by atoms with Gasteiger partial charge >= 0.3 is 0 Å². The minimum Gasteiger partial charge on any atom is -0.357 e. The lowest BCUT2D eigenvalue weighted by Gasteiger charge is -2.12. The molecule has 5 nitrogen and oxygen atoms in total. The first-order chi connectivity index (χ1) is 12.3. The van der Waals surface area contributed by atoms with Gasteiger partial charge in [-0.05, 0) is 48.7 Å². The molecule has 0 saturated carbocycles. The molecular weight excluding hydrogens is 480 g/mol. The van der Waals surface area contributed by atoms with E-state index in [1.54, 1.807) is 25.1 Å². The van der Waals surface area contributed by atoms with Crippen molar-refractivity contribution in [3.63, 3.8) is 0 Å². The summed E-state index contributed by atoms with van der Waals surface area (Å²) >= 11 is 0. The van der Waals surface area contributed by atoms with Gasteiger partial charge in [-0.1, -0.05) is 24.3 Å². The molecule has 0 amide bonds. The van der Waals surface area contributed by atoms with E-state index in [1.807, 2.05) is 19.1 Å². The summed E-state index contributed by atoms with van der Waals surface area (Å²) in [6.45, 7) is 5.30. The van der Waals surface area contributed by atoms with Crippen molar-refractivity contribution in [2.24, 2.45) is 4.99 Å². The van der Waals surface area contributed by atoms with Crippen LogP contribution >= 0.6 is 24.0 Å². The molecule has 2 N–H and O–H groups in total. The molecule has 0 aromatic heterocycles. The zero-order valence-corrected chi connectivity index (χ0v) is 18.8. The van der Waals surface area contributed by atoms with Crippen LogP contribution in [0.3, 0.4) is 0 Å². The Morgan fingerprint density at radius 3 is 2.44 bits per heavy atom. The number of aliphatic imine (C=N–C) groups is 1. The molecule has 0 aliphatic heterocycles. The normalized spacial score (nSPS) is 11.6. The lowest BCUT2D eigenvalue weighted by Crippen LogP contribution is -2.36. The van der Waals surface area contributed by atoms with Crippen LogP contribution in [0.15, 0.2) is 52.4 Å². The van der Waals surface area contributed by atoms with Crippen LogP contribution in [0, 0.1) is 12.7 Å². The highest BCUT2D eigenvalue weighted by molar-refractivity contribution is 14.0. The van der Waals surface area contributed by atoms with Gasteiger partial charge in [0.1, 0.15) is 5.82 Å². The fraction of sp³-hybridized carbons (Fsp3) is 0.316. The number of aryl methyl sites for hydroxylation is 1. The zero-order chi connectivity index (χ0) is 19.2. The molecule has 0 bridgehead atoms. The van der Waals surface area contributed by atoms with Crippen molar-refractivity contribution in [3.05, 3.63) is 65.0 Å². The van der Waals surface area contributed by atoms with Gasteiger partial charge in [0.2, 0.25) is 0 Å². The Balaban J connectivity index is 0.00000364. The van der Waals surface area contributed by atoms with E-state index in [2.05, 4.69) is 15.6 Å². The van der Waals surface area contributed by atoms with E-state index in [0.29, 0.717) is 36.1 Å². The molecule has 27 heavy (non-hydrogen) atoms. The van der Waals surface area contributed by atoms with E-state index in [-0.39, 0.29) is 29.8 Å². The average molecular weight is 505 g/mol. The summed E-state index contributed by atoms with van der Waals surface area (Å²) in [5.74, 6) is 0.332. The molecule has 2 rings (SSSR count). The Morgan fingerprint density at radius 1 is 1.11 bits per heavy atom. The van der Waals surface area contributed by atoms with Crippen LogP contribution in [0.4, 0.5) is 4.39 Å². The van der Waals surface area contributed by atoms with Gasteiger partial charge in [0, 0.05) is 19.3 Å². The summed E-state index contributed by atoms with van der Waals surface area (Å²) in [4.78, 5) is 4.79. The van der Waals surface area contributed by atoms with E-state index in [4.69, 9.17) is 0 Å². The molecule has 0 unspecified atom stereocenters. The zero-order valence-electron chi connectivity index (χ0n) is 15.6. The van der Waals surface area contributed by atoms with Crippen LogP contribution < -0.4 is 10.6 Å². The van der Waals surface area contributed by atoms with Crippen molar-refractivity contribution in [3.8, 4) is 0 Å². The Bertz CT molecular complexity index is 902. The van der Waals surface area contributed by atoms with Gasteiger partial charge in [-0.15, -0.1) is 24.0 Å². The third-order valence-electron chi connectivity index (χ3n) is 3.75. The summed E-state index contributed by atoms with van der Waals surface area (Å²) in [6.07, 6.45) is 1.20. The van der Waals surface area contributed by atoms with Crippen molar-refractivity contribution < 1.29 is 12.8 Å². The number of halogens is 2. The molecule has 0 heterocycles. The predicted octanol–water partition coefficient (Wildman–Crippen LogP) is 3.41. The molecule has 0 fully saturated rings. The van der Waals surface area contributed by atoms with Crippen molar-refractivity contribution in [1.29, 1.82) is 0 Å². The second-order valence-corrected chi connectivity index (χ2v) is 8.03. The largest absolute Gasteiger partial charge is 0.357 e. The number of hydrogen-bond acceptors (Lipinski definition) is 3. The molecule has 148 valence electrons. The Morgan fingerprint density at radius 2 is 1.85 bits per heavy atom. The van der Waals surface area contributed by atoms with Crippen molar-refractivity contribution in [2.75, 3.05) is 12.8 Å². The third-order valence-corrected chi connectivity index (χ3v) is 5.01. The van der Waals surface area contributed by atoms with Gasteiger partial charge in [-0.3, -0.25) is 0 Å². The first-order valence-electron chi connectivity index (χ1n) is 8.36. The van der Waals surface area contributed by atoms with E-state index < -0.39 is 9.84 Å². The van der Waals surface area contributed by atoms with E-state index in [0.717, 1.165) is 11.1 Å². The Labute approximate surface area is 177 Å². The summed E-state index contributed by atoms with van der Waals surface area (Å²) in [5, 5.41) is 6.34. The summed E-state index contributed by atoms with van der Waals surface area (Å²) in [6, 6.07) is 11.6. The molecule has 2 aromatic carbocycles. The number of rotatable bonds is 6. The lowest BCUT2D eigenvalue weighted by atomic mass is 10.1. The Kier molecular flexibility index (Phi) is 9.17. The lowest BCUT2D eigenvalue weighted by molar-refractivity contribution is 0.601. The van der Waals surface area contributed by atoms with E-state index in [1.165, 1.54) is 18.4 Å². The van der Waals surface area contributed by atoms with Crippen LogP contribution in [0.2, 0.25) is 0 Å². The van der Waals surface area contributed by atoms with Gasteiger partial charge in [0.05, 0.1) is 11.4 Å². The maximum atomic E-state index is 13.2. The van der Waals surface area contributed by atoms with E-state index in [9.17, 15) is 12.8 Å². The van der Waals surface area contributed by atoms with Crippen LogP contribution in [0.5, 0.6) is 0 Å². The van der Waals surface area contributed by atoms with Gasteiger partial charge in [-0.25, -0.2) is 17.8 Å². The standard InChI is InChI=1S/C19H24FN3O2S.HI/c1-4-21-19(22-12-15-6-5-7-17(20)11-15)23-13-16-8-9-18(14(2)10-16)26(3,24)25;/h5-11H,4,12-13H2,1-3H3,(H2,21,22,23);1H. The number of nitrogens with one attached hydrogen (secondary N) is 2. The highest BCUT2D eigenvalue weighted by Gasteiger charge is 2.11. The van der Waals surface area contributed by atoms with Crippen LogP contribution in [0.25, 0.3) is 0 Å². The molecule has 8 heteroatoms. The number of guanidine groups is 1. The molecular formula is C19H25FIN3O2S. The molecule has 0 aliphatic rings. The molecule has 0 radical (unpaired) electrons. The summed E-state index contributed by atoms with van der Waals surface area (Å²) < 4.78 is 36.6. The SMILES string of the molecule is CCNC(=NCc1cccc(F)c1)NCc1ccc(S(C)(=O)=O)c(C)c1.I. The van der Waals surface area contributed by atoms with Gasteiger partial charge in [0.25, 0.3) is 0 Å². The number of nitrogens with zero attached hydrogens (tertiary/aromatic N) is 1. The fourth-order valence-corrected chi connectivity index (χ4v) is 3.53. The number of sulfone groups is 1. The monoisotopic (exact) mass is 505 g/mol. The molecule has 0 aliphatic carbocycles. The molecule has 0 atom stereocenters. The van der Waals surface area contributed by atoms with Gasteiger partial charge < -0.3 is 10.6 Å². The predicted molar refractivity (Wildman–Crippen MR) is 118 cm³/mol. The molecule has 0 spiro atoms. The van der Waals surface area contributed by atoms with Crippen molar-refractivity contribution in [1.82, 2.24) is 10.6 Å². The van der Waals surface area contributed by atoms with Gasteiger partial charge in [0.15, 0.2) is 15.8 Å². The average Bonchev–Trinajstić information content (AvgIpc) is 2.56. The third kappa shape index (κ3) is 7.45. The number of hydrogen-bond donors (Lipinski definition) is 2. The minimum absolute atomic E-state index is 0. The quantitative estimate of drug-likeness (QED) is 0.359. The number of benzene rings is 2. The van der Waals surface area contributed by atoms with Crippen LogP contribution in [-0.2, 0) is 22.9 Å². The maximum Gasteiger partial charge on any atom is 0.191 e. The smallest absolute Gasteiger partial charge is 0.191 e. The maximum absolute atomic E-state index is 13.2. The summed E-state index contributed by atoms with van der Waals surface area (Å²) in [5.41, 5.74) is 2.45. The summed E-state index contributed by atoms with van der Waals surface area (Å²) in [7, 11) is -3.22. The van der Waals surface area contributed by atoms with Crippen LogP contribution in [0.1, 0.15) is 23.6 Å². The van der Waals surface area contributed by atoms with E-state index >= 15 is 0 Å². The first-order valence-corrected chi connectivity index (χ1v) is 10.2. The fourth-order valence-electron chi connectivity index (χ4n) is 2.57. The van der Waals surface area contributed by atoms with Gasteiger partial charge in [-0.2, -0.15) is 0 Å². The first kappa shape index (κ1) is 23.4. The highest BCUT2D eigenvalue weighted by Crippen LogP contribution is 2.16. The topological polar surface area (TPSA) is 70.6 Å². The minimum atomic E-state index is -3.22. The van der Waals surface area contributed by atoms with Crippen molar-refractivity contribution in [2.45, 2.75) is 31.8 Å². The molecule has 2 aromatic rings. The highest BCUT2D eigenvalue weighted by atomic mass is 127. The van der Waals surface area contributed by atoms with Crippen molar-refractivity contribution >= 4 is 39.8 Å².